The van der Waals surface area contributed by atoms with Gasteiger partial charge in [0.15, 0.2) is 11.5 Å². The second-order valence-corrected chi connectivity index (χ2v) is 7.82. The fourth-order valence-corrected chi connectivity index (χ4v) is 4.00. The molecular formula is C25H25N3O3. The van der Waals surface area contributed by atoms with Gasteiger partial charge in [0, 0.05) is 49.7 Å². The van der Waals surface area contributed by atoms with E-state index in [4.69, 9.17) is 9.47 Å². The van der Waals surface area contributed by atoms with E-state index in [0.29, 0.717) is 17.1 Å². The molecule has 0 aliphatic carbocycles. The van der Waals surface area contributed by atoms with E-state index in [0.717, 1.165) is 38.4 Å². The molecule has 0 unspecified atom stereocenters. The Balaban J connectivity index is 1.15. The van der Waals surface area contributed by atoms with Gasteiger partial charge in [0.2, 0.25) is 6.79 Å². The Hall–Kier alpha value is -3.51. The molecule has 31 heavy (non-hydrogen) atoms. The predicted molar refractivity (Wildman–Crippen MR) is 121 cm³/mol. The molecule has 6 nitrogen and oxygen atoms in total. The molecule has 0 aromatic heterocycles. The fourth-order valence-electron chi connectivity index (χ4n) is 4.00. The highest BCUT2D eigenvalue weighted by Gasteiger charge is 2.18. The van der Waals surface area contributed by atoms with Crippen LogP contribution in [0.4, 0.5) is 11.4 Å². The summed E-state index contributed by atoms with van der Waals surface area (Å²) >= 11 is 0. The van der Waals surface area contributed by atoms with Gasteiger partial charge in [0.05, 0.1) is 0 Å². The minimum atomic E-state index is -0.166. The number of benzene rings is 3. The van der Waals surface area contributed by atoms with Gasteiger partial charge in [-0.3, -0.25) is 9.69 Å². The van der Waals surface area contributed by atoms with Gasteiger partial charge in [-0.1, -0.05) is 30.3 Å². The summed E-state index contributed by atoms with van der Waals surface area (Å²) in [6.07, 6.45) is 0. The van der Waals surface area contributed by atoms with E-state index in [2.05, 4.69) is 57.6 Å². The van der Waals surface area contributed by atoms with Crippen LogP contribution in [0.15, 0.2) is 72.8 Å². The molecular weight excluding hydrogens is 390 g/mol. The van der Waals surface area contributed by atoms with Crippen LogP contribution in [-0.2, 0) is 6.54 Å². The van der Waals surface area contributed by atoms with Crippen LogP contribution >= 0.6 is 0 Å². The van der Waals surface area contributed by atoms with E-state index in [9.17, 15) is 4.79 Å². The summed E-state index contributed by atoms with van der Waals surface area (Å²) in [5.74, 6) is 1.11. The van der Waals surface area contributed by atoms with E-state index in [-0.39, 0.29) is 12.7 Å². The number of piperazine rings is 1. The minimum absolute atomic E-state index is 0.166. The minimum Gasteiger partial charge on any atom is -0.454 e. The normalized spacial score (nSPS) is 15.7. The zero-order chi connectivity index (χ0) is 21.0. The number of nitrogens with one attached hydrogen (secondary N) is 1. The molecule has 5 rings (SSSR count). The van der Waals surface area contributed by atoms with E-state index in [1.807, 2.05) is 12.1 Å². The van der Waals surface area contributed by atoms with Crippen molar-refractivity contribution in [3.63, 3.8) is 0 Å². The predicted octanol–water partition coefficient (Wildman–Crippen LogP) is 3.99. The van der Waals surface area contributed by atoms with Crippen LogP contribution in [0.1, 0.15) is 15.9 Å². The number of ether oxygens (including phenoxy) is 2. The van der Waals surface area contributed by atoms with Crippen LogP contribution in [0, 0.1) is 0 Å². The van der Waals surface area contributed by atoms with Crippen LogP contribution in [0.25, 0.3) is 0 Å². The maximum Gasteiger partial charge on any atom is 0.255 e. The number of rotatable bonds is 5. The Morgan fingerprint density at radius 1 is 0.839 bits per heavy atom. The topological polar surface area (TPSA) is 54.0 Å². The lowest BCUT2D eigenvalue weighted by molar-refractivity contribution is 0.102. The Bertz CT molecular complexity index is 1050. The number of hydrogen-bond donors (Lipinski definition) is 1. The van der Waals surface area contributed by atoms with Crippen molar-refractivity contribution < 1.29 is 14.3 Å². The quantitative estimate of drug-likeness (QED) is 0.683. The van der Waals surface area contributed by atoms with Crippen molar-refractivity contribution in [1.82, 2.24) is 4.90 Å². The molecule has 3 aromatic rings. The lowest BCUT2D eigenvalue weighted by Gasteiger charge is -2.36. The molecule has 2 aliphatic heterocycles. The first-order chi connectivity index (χ1) is 15.2. The molecule has 1 N–H and O–H groups in total. The van der Waals surface area contributed by atoms with Gasteiger partial charge < -0.3 is 19.7 Å². The molecule has 0 spiro atoms. The third-order valence-corrected chi connectivity index (χ3v) is 5.75. The second kappa shape index (κ2) is 8.70. The van der Waals surface area contributed by atoms with Crippen molar-refractivity contribution in [3.8, 4) is 11.5 Å². The largest absolute Gasteiger partial charge is 0.454 e. The van der Waals surface area contributed by atoms with Gasteiger partial charge in [-0.15, -0.1) is 0 Å². The summed E-state index contributed by atoms with van der Waals surface area (Å²) in [5.41, 5.74) is 3.86. The maximum atomic E-state index is 12.6. The van der Waals surface area contributed by atoms with Crippen molar-refractivity contribution in [3.05, 3.63) is 83.9 Å². The van der Waals surface area contributed by atoms with Crippen molar-refractivity contribution in [2.24, 2.45) is 0 Å². The second-order valence-electron chi connectivity index (χ2n) is 7.82. The van der Waals surface area contributed by atoms with Gasteiger partial charge in [-0.05, 0) is 48.0 Å². The third-order valence-electron chi connectivity index (χ3n) is 5.75. The van der Waals surface area contributed by atoms with Crippen molar-refractivity contribution in [1.29, 1.82) is 0 Å². The number of amides is 1. The van der Waals surface area contributed by atoms with E-state index in [1.165, 1.54) is 11.3 Å². The molecule has 1 fully saturated rings. The van der Waals surface area contributed by atoms with Gasteiger partial charge in [-0.25, -0.2) is 0 Å². The SMILES string of the molecule is O=C(Nc1ccc(N2CCN(Cc3ccccc3)CC2)cc1)c1ccc2c(c1)OCO2. The Kier molecular flexibility index (Phi) is 5.46. The average Bonchev–Trinajstić information content (AvgIpc) is 3.29. The van der Waals surface area contributed by atoms with Gasteiger partial charge in [-0.2, -0.15) is 0 Å². The van der Waals surface area contributed by atoms with Crippen LogP contribution in [0.2, 0.25) is 0 Å². The number of anilines is 2. The highest BCUT2D eigenvalue weighted by atomic mass is 16.7. The monoisotopic (exact) mass is 415 g/mol. The van der Waals surface area contributed by atoms with E-state index >= 15 is 0 Å². The highest BCUT2D eigenvalue weighted by Crippen LogP contribution is 2.32. The summed E-state index contributed by atoms with van der Waals surface area (Å²) in [6, 6.07) is 23.9. The molecule has 0 bridgehead atoms. The van der Waals surface area contributed by atoms with Crippen molar-refractivity contribution in [2.45, 2.75) is 6.54 Å². The molecule has 3 aromatic carbocycles. The van der Waals surface area contributed by atoms with E-state index in [1.54, 1.807) is 18.2 Å². The molecule has 1 amide bonds. The molecule has 2 heterocycles. The van der Waals surface area contributed by atoms with Crippen molar-refractivity contribution in [2.75, 3.05) is 43.2 Å². The Morgan fingerprint density at radius 2 is 1.58 bits per heavy atom. The number of nitrogens with zero attached hydrogens (tertiary/aromatic N) is 2. The Labute approximate surface area is 182 Å². The molecule has 0 radical (unpaired) electrons. The summed E-state index contributed by atoms with van der Waals surface area (Å²) in [5, 5.41) is 2.95. The van der Waals surface area contributed by atoms with E-state index < -0.39 is 0 Å². The number of hydrogen-bond acceptors (Lipinski definition) is 5. The van der Waals surface area contributed by atoms with Crippen molar-refractivity contribution >= 4 is 17.3 Å². The average molecular weight is 415 g/mol. The summed E-state index contributed by atoms with van der Waals surface area (Å²) in [4.78, 5) is 17.4. The van der Waals surface area contributed by atoms with Crippen LogP contribution in [0.3, 0.4) is 0 Å². The summed E-state index contributed by atoms with van der Waals surface area (Å²) < 4.78 is 10.6. The Morgan fingerprint density at radius 3 is 2.35 bits per heavy atom. The van der Waals surface area contributed by atoms with Crippen LogP contribution in [-0.4, -0.2) is 43.8 Å². The maximum absolute atomic E-state index is 12.6. The third kappa shape index (κ3) is 4.49. The standard InChI is InChI=1S/C25H25N3O3/c29-25(20-6-11-23-24(16-20)31-18-30-23)26-21-7-9-22(10-8-21)28-14-12-27(13-15-28)17-19-4-2-1-3-5-19/h1-11,16H,12-15,17-18H2,(H,26,29). The smallest absolute Gasteiger partial charge is 0.255 e. The number of carbonyl (C=O) groups is 1. The molecule has 0 atom stereocenters. The lowest BCUT2D eigenvalue weighted by atomic mass is 10.1. The van der Waals surface area contributed by atoms with Crippen LogP contribution < -0.4 is 19.7 Å². The zero-order valence-corrected chi connectivity index (χ0v) is 17.3. The first-order valence-electron chi connectivity index (χ1n) is 10.6. The first kappa shape index (κ1) is 19.5. The fraction of sp³-hybridized carbons (Fsp3) is 0.240. The zero-order valence-electron chi connectivity index (χ0n) is 17.3. The lowest BCUT2D eigenvalue weighted by Crippen LogP contribution is -2.45. The molecule has 2 aliphatic rings. The molecule has 6 heteroatoms. The highest BCUT2D eigenvalue weighted by molar-refractivity contribution is 6.04. The molecule has 158 valence electrons. The number of fused-ring (bicyclic) bond motifs is 1. The molecule has 1 saturated heterocycles. The number of carbonyl (C=O) groups excluding carboxylic acids is 1. The van der Waals surface area contributed by atoms with Gasteiger partial charge in [0.1, 0.15) is 0 Å². The van der Waals surface area contributed by atoms with Gasteiger partial charge in [0.25, 0.3) is 5.91 Å². The van der Waals surface area contributed by atoms with Crippen LogP contribution in [0.5, 0.6) is 11.5 Å². The first-order valence-corrected chi connectivity index (χ1v) is 10.6. The summed E-state index contributed by atoms with van der Waals surface area (Å²) in [6.45, 7) is 5.27. The summed E-state index contributed by atoms with van der Waals surface area (Å²) in [7, 11) is 0. The van der Waals surface area contributed by atoms with Gasteiger partial charge >= 0.3 is 0 Å². The molecule has 0 saturated carbocycles.